The van der Waals surface area contributed by atoms with Crippen LogP contribution in [0.3, 0.4) is 0 Å². The Morgan fingerprint density at radius 3 is 2.00 bits per heavy atom. The van der Waals surface area contributed by atoms with E-state index >= 15 is 0 Å². The lowest BCUT2D eigenvalue weighted by Crippen LogP contribution is -2.50. The average Bonchev–Trinajstić information content (AvgIpc) is 2.78. The molecule has 2 aliphatic heterocycles. The molecule has 1 N–H and O–H groups in total. The third-order valence-corrected chi connectivity index (χ3v) is 5.07. The molecule has 2 saturated heterocycles. The van der Waals surface area contributed by atoms with Crippen molar-refractivity contribution in [3.8, 4) is 0 Å². The molecule has 0 bridgehead atoms. The molecule has 114 valence electrons. The summed E-state index contributed by atoms with van der Waals surface area (Å²) in [5.41, 5.74) is -0.416. The number of likely N-dealkylation sites (tertiary alicyclic amines) is 2. The molecule has 0 radical (unpaired) electrons. The third kappa shape index (κ3) is 2.76. The maximum Gasteiger partial charge on any atom is 0.320 e. The van der Waals surface area contributed by atoms with Gasteiger partial charge in [0.25, 0.3) is 0 Å². The number of piperidine rings is 1. The molecule has 2 amide bonds. The van der Waals surface area contributed by atoms with Crippen LogP contribution in [-0.2, 0) is 4.79 Å². The molecule has 2 aliphatic rings. The molecule has 5 heteroatoms. The molecule has 0 unspecified atom stereocenters. The lowest BCUT2D eigenvalue weighted by Gasteiger charge is -2.39. The van der Waals surface area contributed by atoms with E-state index in [1.807, 2.05) is 16.7 Å². The minimum Gasteiger partial charge on any atom is -0.481 e. The fraction of sp³-hybridized carbons (Fsp3) is 0.867. The third-order valence-electron chi connectivity index (χ3n) is 5.07. The van der Waals surface area contributed by atoms with Crippen molar-refractivity contribution in [2.24, 2.45) is 10.8 Å². The van der Waals surface area contributed by atoms with E-state index in [1.165, 1.54) is 0 Å². The Hall–Kier alpha value is -1.26. The SMILES string of the molecule is CCC1(C(=O)O)CCN(C(=O)N2CCC(C)(C)C2)CC1. The molecule has 0 saturated carbocycles. The number of aliphatic carboxylic acids is 1. The van der Waals surface area contributed by atoms with Crippen LogP contribution in [0.4, 0.5) is 4.79 Å². The van der Waals surface area contributed by atoms with Crippen LogP contribution in [0.2, 0.25) is 0 Å². The largest absolute Gasteiger partial charge is 0.481 e. The molecule has 2 rings (SSSR count). The van der Waals surface area contributed by atoms with Gasteiger partial charge in [-0.2, -0.15) is 0 Å². The summed E-state index contributed by atoms with van der Waals surface area (Å²) < 4.78 is 0. The highest BCUT2D eigenvalue weighted by atomic mass is 16.4. The van der Waals surface area contributed by atoms with Gasteiger partial charge in [0.1, 0.15) is 0 Å². The van der Waals surface area contributed by atoms with Crippen molar-refractivity contribution in [3.63, 3.8) is 0 Å². The van der Waals surface area contributed by atoms with Gasteiger partial charge in [-0.25, -0.2) is 4.79 Å². The topological polar surface area (TPSA) is 60.9 Å². The second kappa shape index (κ2) is 5.26. The fourth-order valence-electron chi connectivity index (χ4n) is 3.32. The van der Waals surface area contributed by atoms with Crippen LogP contribution in [0.25, 0.3) is 0 Å². The first-order valence-electron chi connectivity index (χ1n) is 7.57. The van der Waals surface area contributed by atoms with Crippen LogP contribution < -0.4 is 0 Å². The zero-order valence-corrected chi connectivity index (χ0v) is 12.8. The van der Waals surface area contributed by atoms with Gasteiger partial charge >= 0.3 is 12.0 Å². The Bertz CT molecular complexity index is 398. The molecular weight excluding hydrogens is 256 g/mol. The molecule has 0 aliphatic carbocycles. The minimum atomic E-state index is -0.714. The Labute approximate surface area is 120 Å². The van der Waals surface area contributed by atoms with E-state index in [2.05, 4.69) is 13.8 Å². The van der Waals surface area contributed by atoms with Crippen LogP contribution in [0, 0.1) is 10.8 Å². The van der Waals surface area contributed by atoms with Crippen molar-refractivity contribution < 1.29 is 14.7 Å². The number of hydrogen-bond acceptors (Lipinski definition) is 2. The lowest BCUT2D eigenvalue weighted by atomic mass is 9.76. The second-order valence-corrected chi connectivity index (χ2v) is 7.04. The van der Waals surface area contributed by atoms with Crippen molar-refractivity contribution in [1.82, 2.24) is 9.80 Å². The predicted molar refractivity (Wildman–Crippen MR) is 76.5 cm³/mol. The number of amides is 2. The number of urea groups is 1. The normalized spacial score (nSPS) is 24.8. The number of carboxylic acid groups (broad SMARTS) is 1. The molecule has 0 spiro atoms. The van der Waals surface area contributed by atoms with Gasteiger partial charge in [0.05, 0.1) is 5.41 Å². The van der Waals surface area contributed by atoms with Crippen molar-refractivity contribution in [3.05, 3.63) is 0 Å². The maximum atomic E-state index is 12.5. The molecule has 2 heterocycles. The van der Waals surface area contributed by atoms with Gasteiger partial charge in [0.2, 0.25) is 0 Å². The highest BCUT2D eigenvalue weighted by molar-refractivity contribution is 5.77. The standard InChI is InChI=1S/C15H26N2O3/c1-4-15(12(18)19)6-9-16(10-7-15)13(20)17-8-5-14(2,3)11-17/h4-11H2,1-3H3,(H,18,19). The summed E-state index contributed by atoms with van der Waals surface area (Å²) in [6.07, 6.45) is 2.82. The molecule has 0 atom stereocenters. The maximum absolute atomic E-state index is 12.5. The molecule has 0 aromatic heterocycles. The quantitative estimate of drug-likeness (QED) is 0.846. The summed E-state index contributed by atoms with van der Waals surface area (Å²) in [6, 6.07) is 0.0886. The number of nitrogens with zero attached hydrogens (tertiary/aromatic N) is 2. The molecule has 20 heavy (non-hydrogen) atoms. The van der Waals surface area contributed by atoms with E-state index in [0.29, 0.717) is 32.4 Å². The Morgan fingerprint density at radius 1 is 1.05 bits per heavy atom. The summed E-state index contributed by atoms with van der Waals surface area (Å²) in [5.74, 6) is -0.714. The lowest BCUT2D eigenvalue weighted by molar-refractivity contribution is -0.152. The molecular formula is C15H26N2O3. The summed E-state index contributed by atoms with van der Waals surface area (Å²) >= 11 is 0. The van der Waals surface area contributed by atoms with Crippen LogP contribution in [0.1, 0.15) is 46.5 Å². The van der Waals surface area contributed by atoms with Gasteiger partial charge in [-0.1, -0.05) is 20.8 Å². The number of rotatable bonds is 2. The summed E-state index contributed by atoms with van der Waals surface area (Å²) in [4.78, 5) is 27.6. The fourth-order valence-corrected chi connectivity index (χ4v) is 3.32. The number of hydrogen-bond donors (Lipinski definition) is 1. The van der Waals surface area contributed by atoms with Gasteiger partial charge in [0.15, 0.2) is 0 Å². The smallest absolute Gasteiger partial charge is 0.320 e. The first kappa shape index (κ1) is 15.1. The highest BCUT2D eigenvalue weighted by Gasteiger charge is 2.42. The highest BCUT2D eigenvalue weighted by Crippen LogP contribution is 2.36. The van der Waals surface area contributed by atoms with Crippen LogP contribution in [-0.4, -0.2) is 53.1 Å². The van der Waals surface area contributed by atoms with Gasteiger partial charge < -0.3 is 14.9 Å². The van der Waals surface area contributed by atoms with Crippen LogP contribution in [0.15, 0.2) is 0 Å². The van der Waals surface area contributed by atoms with Crippen molar-refractivity contribution in [1.29, 1.82) is 0 Å². The Kier molecular flexibility index (Phi) is 3.98. The monoisotopic (exact) mass is 282 g/mol. The van der Waals surface area contributed by atoms with Crippen molar-refractivity contribution >= 4 is 12.0 Å². The van der Waals surface area contributed by atoms with E-state index < -0.39 is 11.4 Å². The minimum absolute atomic E-state index is 0.0886. The zero-order valence-electron chi connectivity index (χ0n) is 12.8. The van der Waals surface area contributed by atoms with Gasteiger partial charge in [-0.3, -0.25) is 4.79 Å². The van der Waals surface area contributed by atoms with Crippen LogP contribution >= 0.6 is 0 Å². The average molecular weight is 282 g/mol. The van der Waals surface area contributed by atoms with Crippen molar-refractivity contribution in [2.75, 3.05) is 26.2 Å². The summed E-state index contributed by atoms with van der Waals surface area (Å²) in [6.45, 7) is 9.05. The van der Waals surface area contributed by atoms with E-state index in [-0.39, 0.29) is 11.4 Å². The van der Waals surface area contributed by atoms with E-state index in [0.717, 1.165) is 19.5 Å². The van der Waals surface area contributed by atoms with Gasteiger partial charge in [0, 0.05) is 26.2 Å². The number of carbonyl (C=O) groups excluding carboxylic acids is 1. The Morgan fingerprint density at radius 2 is 1.60 bits per heavy atom. The van der Waals surface area contributed by atoms with Crippen molar-refractivity contribution in [2.45, 2.75) is 46.5 Å². The van der Waals surface area contributed by atoms with Gasteiger partial charge in [-0.05, 0) is 31.1 Å². The Balaban J connectivity index is 1.94. The summed E-state index contributed by atoms with van der Waals surface area (Å²) in [5, 5.41) is 9.38. The molecule has 5 nitrogen and oxygen atoms in total. The number of carbonyl (C=O) groups is 2. The number of carboxylic acids is 1. The van der Waals surface area contributed by atoms with E-state index in [9.17, 15) is 14.7 Å². The summed E-state index contributed by atoms with van der Waals surface area (Å²) in [7, 11) is 0. The second-order valence-electron chi connectivity index (χ2n) is 7.04. The molecule has 2 fully saturated rings. The van der Waals surface area contributed by atoms with Gasteiger partial charge in [-0.15, -0.1) is 0 Å². The zero-order chi connectivity index (χ0) is 15.0. The van der Waals surface area contributed by atoms with E-state index in [4.69, 9.17) is 0 Å². The van der Waals surface area contributed by atoms with Crippen LogP contribution in [0.5, 0.6) is 0 Å². The first-order valence-corrected chi connectivity index (χ1v) is 7.57. The first-order chi connectivity index (χ1) is 9.30. The molecule has 0 aromatic carbocycles. The molecule has 0 aromatic rings. The predicted octanol–water partition coefficient (Wildman–Crippen LogP) is 2.42. The van der Waals surface area contributed by atoms with E-state index in [1.54, 1.807) is 0 Å².